The zero-order valence-corrected chi connectivity index (χ0v) is 17.9. The fourth-order valence-electron chi connectivity index (χ4n) is 3.42. The third-order valence-electron chi connectivity index (χ3n) is 4.88. The number of aliphatic carboxylic acids is 1. The van der Waals surface area contributed by atoms with Crippen molar-refractivity contribution in [1.29, 1.82) is 0 Å². The van der Waals surface area contributed by atoms with Gasteiger partial charge in [0.1, 0.15) is 0 Å². The molecule has 1 N–H and O–H groups in total. The van der Waals surface area contributed by atoms with E-state index in [1.807, 2.05) is 0 Å². The van der Waals surface area contributed by atoms with Crippen LogP contribution in [0.1, 0.15) is 31.4 Å². The first-order chi connectivity index (χ1) is 13.7. The van der Waals surface area contributed by atoms with Crippen LogP contribution in [0, 0.1) is 0 Å². The van der Waals surface area contributed by atoms with Crippen LogP contribution in [0.4, 0.5) is 15.6 Å². The lowest BCUT2D eigenvalue weighted by Gasteiger charge is -2.32. The third-order valence-corrected chi connectivity index (χ3v) is 6.98. The molecule has 0 unspecified atom stereocenters. The molecule has 10 heteroatoms. The molecule has 156 valence electrons. The first-order valence-electron chi connectivity index (χ1n) is 9.20. The summed E-state index contributed by atoms with van der Waals surface area (Å²) in [5.74, 6) is -0.977. The lowest BCUT2D eigenvalue weighted by molar-refractivity contribution is -0.136. The number of carbonyl (C=O) groups is 2. The van der Waals surface area contributed by atoms with E-state index in [1.54, 1.807) is 29.5 Å². The van der Waals surface area contributed by atoms with Crippen molar-refractivity contribution in [1.82, 2.24) is 4.98 Å². The van der Waals surface area contributed by atoms with E-state index in [4.69, 9.17) is 5.11 Å². The summed E-state index contributed by atoms with van der Waals surface area (Å²) in [6.45, 7) is 0. The van der Waals surface area contributed by atoms with E-state index >= 15 is 0 Å². The molecular weight excluding hydrogens is 414 g/mol. The largest absolute Gasteiger partial charge is 0.481 e. The third kappa shape index (κ3) is 4.94. The molecule has 1 saturated carbocycles. The molecule has 0 bridgehead atoms. The number of nitrogens with zero attached hydrogens (tertiary/aromatic N) is 3. The van der Waals surface area contributed by atoms with Crippen molar-refractivity contribution >= 4 is 44.0 Å². The molecule has 0 aliphatic heterocycles. The maximum absolute atomic E-state index is 13.3. The van der Waals surface area contributed by atoms with Crippen molar-refractivity contribution < 1.29 is 23.1 Å². The molecule has 0 spiro atoms. The second-order valence-corrected chi connectivity index (χ2v) is 9.96. The van der Waals surface area contributed by atoms with Crippen LogP contribution in [-0.2, 0) is 21.1 Å². The van der Waals surface area contributed by atoms with Crippen molar-refractivity contribution in [3.8, 4) is 0 Å². The zero-order valence-electron chi connectivity index (χ0n) is 16.2. The van der Waals surface area contributed by atoms with Crippen molar-refractivity contribution in [3.05, 3.63) is 35.3 Å². The van der Waals surface area contributed by atoms with Crippen molar-refractivity contribution in [2.24, 2.45) is 0 Å². The number of thiazole rings is 1. The normalized spacial score (nSPS) is 14.7. The van der Waals surface area contributed by atoms with E-state index in [1.165, 1.54) is 28.4 Å². The maximum Gasteiger partial charge on any atom is 0.330 e. The number of carbonyl (C=O) groups excluding carboxylic acids is 1. The summed E-state index contributed by atoms with van der Waals surface area (Å²) >= 11 is 1.21. The second kappa shape index (κ2) is 8.50. The summed E-state index contributed by atoms with van der Waals surface area (Å²) in [5.41, 5.74) is 1.03. The van der Waals surface area contributed by atoms with Crippen molar-refractivity contribution in [2.45, 2.75) is 43.0 Å². The lowest BCUT2D eigenvalue weighted by Crippen LogP contribution is -2.46. The molecule has 1 aliphatic carbocycles. The molecule has 0 saturated heterocycles. The number of aromatic nitrogens is 1. The number of urea groups is 1. The highest BCUT2D eigenvalue weighted by Crippen LogP contribution is 2.31. The Morgan fingerprint density at radius 1 is 1.21 bits per heavy atom. The molecule has 1 heterocycles. The standard InChI is InChI=1S/C19H23N3O5S2/c1-21(18-20-13(12-28-18)11-17(23)24)19(25)22(14-5-3-4-6-14)15-7-9-16(10-8-15)29(2,26)27/h7-10,12,14H,3-6,11H2,1-2H3,(H,23,24). The molecule has 29 heavy (non-hydrogen) atoms. The van der Waals surface area contributed by atoms with Gasteiger partial charge in [0.15, 0.2) is 15.0 Å². The van der Waals surface area contributed by atoms with Gasteiger partial charge in [-0.2, -0.15) is 0 Å². The van der Waals surface area contributed by atoms with Crippen LogP contribution in [0.2, 0.25) is 0 Å². The monoisotopic (exact) mass is 437 g/mol. The summed E-state index contributed by atoms with van der Waals surface area (Å²) in [6, 6.07) is 6.06. The molecule has 0 radical (unpaired) electrons. The van der Waals surface area contributed by atoms with Gasteiger partial charge < -0.3 is 5.11 Å². The minimum Gasteiger partial charge on any atom is -0.481 e. The topological polar surface area (TPSA) is 108 Å². The van der Waals surface area contributed by atoms with E-state index < -0.39 is 15.8 Å². The van der Waals surface area contributed by atoms with E-state index in [2.05, 4.69) is 4.98 Å². The van der Waals surface area contributed by atoms with Gasteiger partial charge in [-0.25, -0.2) is 18.2 Å². The van der Waals surface area contributed by atoms with Gasteiger partial charge in [-0.15, -0.1) is 11.3 Å². The smallest absolute Gasteiger partial charge is 0.330 e. The van der Waals surface area contributed by atoms with Gasteiger partial charge in [0.25, 0.3) is 0 Å². The number of benzene rings is 1. The highest BCUT2D eigenvalue weighted by Gasteiger charge is 2.31. The molecule has 1 aromatic heterocycles. The predicted molar refractivity (Wildman–Crippen MR) is 112 cm³/mol. The van der Waals surface area contributed by atoms with Gasteiger partial charge in [-0.05, 0) is 37.1 Å². The van der Waals surface area contributed by atoms with Crippen LogP contribution in [0.3, 0.4) is 0 Å². The lowest BCUT2D eigenvalue weighted by atomic mass is 10.2. The van der Waals surface area contributed by atoms with Crippen LogP contribution < -0.4 is 9.80 Å². The molecule has 0 atom stereocenters. The fourth-order valence-corrected chi connectivity index (χ4v) is 4.84. The zero-order chi connectivity index (χ0) is 21.2. The number of rotatable bonds is 6. The van der Waals surface area contributed by atoms with Crippen LogP contribution in [0.5, 0.6) is 0 Å². The number of carboxylic acid groups (broad SMARTS) is 1. The Hall–Kier alpha value is -2.46. The maximum atomic E-state index is 13.3. The molecule has 1 aliphatic rings. The minimum atomic E-state index is -3.32. The van der Waals surface area contributed by atoms with Crippen LogP contribution in [-0.4, -0.2) is 49.9 Å². The molecular formula is C19H23N3O5S2. The van der Waals surface area contributed by atoms with E-state index in [-0.39, 0.29) is 23.4 Å². The van der Waals surface area contributed by atoms with Gasteiger partial charge in [0.2, 0.25) is 0 Å². The average Bonchev–Trinajstić information content (AvgIpc) is 3.33. The highest BCUT2D eigenvalue weighted by atomic mass is 32.2. The second-order valence-electron chi connectivity index (χ2n) is 7.11. The van der Waals surface area contributed by atoms with E-state index in [0.717, 1.165) is 31.9 Å². The minimum absolute atomic E-state index is 0.0208. The first-order valence-corrected chi connectivity index (χ1v) is 12.0. The molecule has 3 rings (SSSR count). The SMILES string of the molecule is CN(C(=O)N(c1ccc(S(C)(=O)=O)cc1)C1CCCC1)c1nc(CC(=O)O)cs1. The molecule has 1 fully saturated rings. The molecule has 2 amide bonds. The Balaban J connectivity index is 1.89. The number of amides is 2. The van der Waals surface area contributed by atoms with E-state index in [9.17, 15) is 18.0 Å². The number of sulfone groups is 1. The summed E-state index contributed by atoms with van der Waals surface area (Å²) in [5, 5.41) is 11.0. The molecule has 8 nitrogen and oxygen atoms in total. The quantitative estimate of drug-likeness (QED) is 0.744. The van der Waals surface area contributed by atoms with Crippen LogP contribution >= 0.6 is 11.3 Å². The molecule has 1 aromatic carbocycles. The van der Waals surface area contributed by atoms with Crippen molar-refractivity contribution in [2.75, 3.05) is 23.1 Å². The fraction of sp³-hybridized carbons (Fsp3) is 0.421. The Morgan fingerprint density at radius 3 is 2.38 bits per heavy atom. The van der Waals surface area contributed by atoms with Gasteiger partial charge in [-0.3, -0.25) is 14.6 Å². The summed E-state index contributed by atoms with van der Waals surface area (Å²) in [6.07, 6.45) is 4.74. The molecule has 2 aromatic rings. The van der Waals surface area contributed by atoms with Crippen LogP contribution in [0.15, 0.2) is 34.5 Å². The Bertz CT molecular complexity index is 995. The summed E-state index contributed by atoms with van der Waals surface area (Å²) < 4.78 is 23.5. The van der Waals surface area contributed by atoms with Gasteiger partial charge in [0.05, 0.1) is 17.0 Å². The van der Waals surface area contributed by atoms with Crippen LogP contribution in [0.25, 0.3) is 0 Å². The summed E-state index contributed by atoms with van der Waals surface area (Å²) in [4.78, 5) is 31.8. The Labute approximate surface area is 173 Å². The Kier molecular flexibility index (Phi) is 6.23. The summed E-state index contributed by atoms with van der Waals surface area (Å²) in [7, 11) is -1.71. The van der Waals surface area contributed by atoms with Gasteiger partial charge in [0, 0.05) is 30.4 Å². The number of hydrogen-bond donors (Lipinski definition) is 1. The average molecular weight is 438 g/mol. The number of anilines is 2. The van der Waals surface area contributed by atoms with Crippen molar-refractivity contribution in [3.63, 3.8) is 0 Å². The highest BCUT2D eigenvalue weighted by molar-refractivity contribution is 7.90. The number of hydrogen-bond acceptors (Lipinski definition) is 6. The first kappa shape index (κ1) is 21.3. The number of carboxylic acids is 1. The van der Waals surface area contributed by atoms with E-state index in [0.29, 0.717) is 16.5 Å². The Morgan fingerprint density at radius 2 is 1.83 bits per heavy atom. The van der Waals surface area contributed by atoms with Gasteiger partial charge >= 0.3 is 12.0 Å². The van der Waals surface area contributed by atoms with Gasteiger partial charge in [-0.1, -0.05) is 12.8 Å². The predicted octanol–water partition coefficient (Wildman–Crippen LogP) is 3.18.